The normalized spacial score (nSPS) is 16.9. The van der Waals surface area contributed by atoms with Crippen LogP contribution in [0.1, 0.15) is 38.5 Å². The number of hydrogen-bond acceptors (Lipinski definition) is 5. The van der Waals surface area contributed by atoms with Crippen molar-refractivity contribution in [1.29, 1.82) is 0 Å². The summed E-state index contributed by atoms with van der Waals surface area (Å²) in [5, 5.41) is 8.94. The van der Waals surface area contributed by atoms with Crippen LogP contribution in [0.4, 0.5) is 0 Å². The van der Waals surface area contributed by atoms with Gasteiger partial charge >= 0.3 is 0 Å². The van der Waals surface area contributed by atoms with Crippen molar-refractivity contribution >= 4 is 31.9 Å². The molecule has 0 heterocycles. The maximum absolute atomic E-state index is 13.2. The first-order valence-corrected chi connectivity index (χ1v) is 11.7. The van der Waals surface area contributed by atoms with E-state index in [1.54, 1.807) is 38.4 Å². The van der Waals surface area contributed by atoms with E-state index in [9.17, 15) is 13.2 Å². The highest BCUT2D eigenvalue weighted by atomic mass is 79.9. The number of rotatable bonds is 9. The summed E-state index contributed by atoms with van der Waals surface area (Å²) >= 11 is 3.32. The summed E-state index contributed by atoms with van der Waals surface area (Å²) in [6.07, 6.45) is 4.12. The Bertz CT molecular complexity index is 748. The summed E-state index contributed by atoms with van der Waals surface area (Å²) in [4.78, 5) is 13.8. The van der Waals surface area contributed by atoms with Gasteiger partial charge in [-0.2, -0.15) is 4.31 Å². The Kier molecular flexibility index (Phi) is 8.44. The molecule has 1 saturated carbocycles. The van der Waals surface area contributed by atoms with Gasteiger partial charge in [-0.1, -0.05) is 22.4 Å². The molecule has 0 spiro atoms. The van der Waals surface area contributed by atoms with Gasteiger partial charge in [-0.05, 0) is 49.9 Å². The zero-order valence-electron chi connectivity index (χ0n) is 16.4. The van der Waals surface area contributed by atoms with Gasteiger partial charge in [0, 0.05) is 25.1 Å². The quantitative estimate of drug-likeness (QED) is 0.553. The highest BCUT2D eigenvalue weighted by molar-refractivity contribution is 9.10. The first-order valence-electron chi connectivity index (χ1n) is 9.46. The minimum atomic E-state index is -3.73. The number of ether oxygens (including phenoxy) is 1. The zero-order chi connectivity index (χ0) is 20.8. The highest BCUT2D eigenvalue weighted by Crippen LogP contribution is 2.37. The molecule has 1 aliphatic carbocycles. The second-order valence-corrected chi connectivity index (χ2v) is 9.96. The lowest BCUT2D eigenvalue weighted by molar-refractivity contribution is -0.147. The molecular weight excluding hydrogens is 448 g/mol. The summed E-state index contributed by atoms with van der Waals surface area (Å²) in [5.41, 5.74) is -0.944. The Hall–Kier alpha value is -1.00. The van der Waals surface area contributed by atoms with Crippen molar-refractivity contribution < 1.29 is 23.1 Å². The van der Waals surface area contributed by atoms with Gasteiger partial charge in [0.05, 0.1) is 24.5 Å². The monoisotopic (exact) mass is 476 g/mol. The third-order valence-corrected chi connectivity index (χ3v) is 7.68. The first-order chi connectivity index (χ1) is 13.2. The molecule has 0 radical (unpaired) electrons. The fourth-order valence-corrected chi connectivity index (χ4v) is 5.17. The lowest BCUT2D eigenvalue weighted by Crippen LogP contribution is -2.53. The Morgan fingerprint density at radius 2 is 1.79 bits per heavy atom. The summed E-state index contributed by atoms with van der Waals surface area (Å²) in [5.74, 6) is -0.140. The number of sulfonamides is 1. The second kappa shape index (κ2) is 10.2. The van der Waals surface area contributed by atoms with Crippen molar-refractivity contribution in [3.8, 4) is 0 Å². The molecule has 0 atom stereocenters. The lowest BCUT2D eigenvalue weighted by atomic mass is 9.91. The van der Waals surface area contributed by atoms with Gasteiger partial charge in [0.15, 0.2) is 0 Å². The van der Waals surface area contributed by atoms with E-state index in [1.165, 1.54) is 9.21 Å². The summed E-state index contributed by atoms with van der Waals surface area (Å²) in [6, 6.07) is 6.54. The number of benzene rings is 1. The molecule has 0 unspecified atom stereocenters. The fraction of sp³-hybridized carbons (Fsp3) is 0.632. The molecule has 7 nitrogen and oxygen atoms in total. The third kappa shape index (κ3) is 5.54. The summed E-state index contributed by atoms with van der Waals surface area (Å²) < 4.78 is 34.6. The van der Waals surface area contributed by atoms with E-state index in [-0.39, 0.29) is 37.0 Å². The van der Waals surface area contributed by atoms with E-state index in [2.05, 4.69) is 15.9 Å². The van der Waals surface area contributed by atoms with Gasteiger partial charge in [-0.3, -0.25) is 4.79 Å². The molecule has 0 aliphatic heterocycles. The Labute approximate surface area is 175 Å². The van der Waals surface area contributed by atoms with Crippen LogP contribution in [-0.4, -0.2) is 68.2 Å². The Balaban J connectivity index is 2.15. The number of aliphatic hydroxyl groups is 1. The van der Waals surface area contributed by atoms with Gasteiger partial charge in [0.2, 0.25) is 15.9 Å². The number of carbonyl (C=O) groups excluding carboxylic acids is 1. The lowest BCUT2D eigenvalue weighted by Gasteiger charge is -2.43. The Morgan fingerprint density at radius 1 is 1.18 bits per heavy atom. The average molecular weight is 477 g/mol. The van der Waals surface area contributed by atoms with E-state index in [4.69, 9.17) is 9.84 Å². The summed E-state index contributed by atoms with van der Waals surface area (Å²) in [6.45, 7) is 0.303. The van der Waals surface area contributed by atoms with Crippen molar-refractivity contribution in [2.75, 3.05) is 33.9 Å². The standard InChI is InChI=1S/C19H29BrN2O5S/c1-21(13-14-23)18(24)10-15-27-19(11-4-3-5-12-19)22(2)28(25,26)17-8-6-16(20)7-9-17/h6-9,23H,3-5,10-15H2,1-2H3. The number of aliphatic hydroxyl groups excluding tert-OH is 1. The molecule has 0 saturated heterocycles. The van der Waals surface area contributed by atoms with Gasteiger partial charge < -0.3 is 14.7 Å². The largest absolute Gasteiger partial charge is 0.395 e. The minimum absolute atomic E-state index is 0.0960. The van der Waals surface area contributed by atoms with Gasteiger partial charge in [-0.15, -0.1) is 0 Å². The van der Waals surface area contributed by atoms with Crippen LogP contribution in [0.3, 0.4) is 0 Å². The van der Waals surface area contributed by atoms with E-state index >= 15 is 0 Å². The minimum Gasteiger partial charge on any atom is -0.395 e. The molecule has 1 fully saturated rings. The molecule has 1 amide bonds. The van der Waals surface area contributed by atoms with Crippen molar-refractivity contribution in [3.63, 3.8) is 0 Å². The number of carbonyl (C=O) groups is 1. The fourth-order valence-electron chi connectivity index (χ4n) is 3.43. The van der Waals surface area contributed by atoms with Crippen LogP contribution < -0.4 is 0 Å². The molecule has 28 heavy (non-hydrogen) atoms. The van der Waals surface area contributed by atoms with Crippen molar-refractivity contribution in [3.05, 3.63) is 28.7 Å². The summed E-state index contributed by atoms with van der Waals surface area (Å²) in [7, 11) is -0.548. The number of amides is 1. The third-order valence-electron chi connectivity index (χ3n) is 5.23. The first kappa shape index (κ1) is 23.3. The molecule has 0 bridgehead atoms. The van der Waals surface area contributed by atoms with E-state index in [0.29, 0.717) is 12.8 Å². The molecule has 1 aliphatic rings. The van der Waals surface area contributed by atoms with E-state index in [0.717, 1.165) is 23.7 Å². The van der Waals surface area contributed by atoms with Crippen molar-refractivity contribution in [2.45, 2.75) is 49.1 Å². The van der Waals surface area contributed by atoms with Gasteiger partial charge in [-0.25, -0.2) is 8.42 Å². The maximum Gasteiger partial charge on any atom is 0.245 e. The van der Waals surface area contributed by atoms with Gasteiger partial charge in [0.25, 0.3) is 0 Å². The smallest absolute Gasteiger partial charge is 0.245 e. The number of hydrogen-bond donors (Lipinski definition) is 1. The number of halogens is 1. The molecule has 1 aromatic rings. The predicted molar refractivity (Wildman–Crippen MR) is 110 cm³/mol. The molecule has 9 heteroatoms. The van der Waals surface area contributed by atoms with Crippen LogP contribution in [0.25, 0.3) is 0 Å². The predicted octanol–water partition coefficient (Wildman–Crippen LogP) is 2.59. The molecule has 0 aromatic heterocycles. The van der Waals surface area contributed by atoms with Crippen LogP contribution in [0.15, 0.2) is 33.6 Å². The van der Waals surface area contributed by atoms with Crippen LogP contribution in [-0.2, 0) is 19.6 Å². The van der Waals surface area contributed by atoms with Crippen LogP contribution in [0.2, 0.25) is 0 Å². The molecule has 158 valence electrons. The number of nitrogens with zero attached hydrogens (tertiary/aromatic N) is 2. The van der Waals surface area contributed by atoms with Crippen LogP contribution in [0.5, 0.6) is 0 Å². The highest BCUT2D eigenvalue weighted by Gasteiger charge is 2.43. The number of likely N-dealkylation sites (N-methyl/N-ethyl adjacent to an activating group) is 1. The average Bonchev–Trinajstić information content (AvgIpc) is 2.68. The zero-order valence-corrected chi connectivity index (χ0v) is 18.8. The van der Waals surface area contributed by atoms with E-state index in [1.807, 2.05) is 0 Å². The van der Waals surface area contributed by atoms with E-state index < -0.39 is 15.7 Å². The Morgan fingerprint density at radius 3 is 2.36 bits per heavy atom. The van der Waals surface area contributed by atoms with Crippen LogP contribution in [0, 0.1) is 0 Å². The molecule has 1 N–H and O–H groups in total. The molecular formula is C19H29BrN2O5S. The maximum atomic E-state index is 13.2. The van der Waals surface area contributed by atoms with Crippen molar-refractivity contribution in [1.82, 2.24) is 9.21 Å². The van der Waals surface area contributed by atoms with Crippen LogP contribution >= 0.6 is 15.9 Å². The van der Waals surface area contributed by atoms with Gasteiger partial charge in [0.1, 0.15) is 5.72 Å². The molecule has 1 aromatic carbocycles. The topological polar surface area (TPSA) is 87.2 Å². The molecule has 2 rings (SSSR count). The SMILES string of the molecule is CN(CCO)C(=O)CCOC1(N(C)S(=O)(=O)c2ccc(Br)cc2)CCCCC1. The van der Waals surface area contributed by atoms with Crippen molar-refractivity contribution in [2.24, 2.45) is 0 Å². The second-order valence-electron chi connectivity index (χ2n) is 7.07.